The van der Waals surface area contributed by atoms with Crippen molar-refractivity contribution in [2.75, 3.05) is 26.2 Å². The molecular formula is C23H23ClF3N5O2. The van der Waals surface area contributed by atoms with E-state index in [-0.39, 0.29) is 22.4 Å². The molecule has 1 aromatic carbocycles. The Hall–Kier alpha value is -3.11. The van der Waals surface area contributed by atoms with Crippen molar-refractivity contribution in [2.24, 2.45) is 0 Å². The van der Waals surface area contributed by atoms with Gasteiger partial charge in [-0.15, -0.1) is 13.2 Å². The van der Waals surface area contributed by atoms with Gasteiger partial charge in [0.25, 0.3) is 5.91 Å². The van der Waals surface area contributed by atoms with Gasteiger partial charge in [0.2, 0.25) is 0 Å². The molecule has 4 rings (SSSR count). The number of halogens is 4. The monoisotopic (exact) mass is 493 g/mol. The van der Waals surface area contributed by atoms with Crippen molar-refractivity contribution in [2.45, 2.75) is 26.8 Å². The molecule has 0 N–H and O–H groups in total. The van der Waals surface area contributed by atoms with Crippen LogP contribution in [0.4, 0.5) is 13.2 Å². The van der Waals surface area contributed by atoms with Crippen molar-refractivity contribution >= 4 is 17.5 Å². The van der Waals surface area contributed by atoms with Crippen LogP contribution >= 0.6 is 11.6 Å². The second kappa shape index (κ2) is 9.63. The first-order chi connectivity index (χ1) is 16.1. The highest BCUT2D eigenvalue weighted by molar-refractivity contribution is 6.33. The van der Waals surface area contributed by atoms with E-state index < -0.39 is 6.36 Å². The molecule has 0 unspecified atom stereocenters. The van der Waals surface area contributed by atoms with Crippen molar-refractivity contribution in [3.8, 4) is 11.6 Å². The SMILES string of the molecule is Cc1cc(C)n(-c2ccc(Cl)c(C(=O)N3CCN(Cc4ccc(OC(F)(F)F)cc4)CC3)n2)n1. The number of nitrogens with zero attached hydrogens (tertiary/aromatic N) is 5. The summed E-state index contributed by atoms with van der Waals surface area (Å²) in [5.41, 5.74) is 2.79. The molecule has 0 spiro atoms. The molecule has 1 aliphatic rings. The number of carbonyl (C=O) groups is 1. The summed E-state index contributed by atoms with van der Waals surface area (Å²) in [4.78, 5) is 21.5. The average Bonchev–Trinajstić information content (AvgIpc) is 3.12. The number of ether oxygens (including phenoxy) is 1. The van der Waals surface area contributed by atoms with E-state index in [1.165, 1.54) is 12.1 Å². The van der Waals surface area contributed by atoms with Crippen LogP contribution in [0.1, 0.15) is 27.4 Å². The summed E-state index contributed by atoms with van der Waals surface area (Å²) in [5, 5.41) is 4.69. The van der Waals surface area contributed by atoms with Crippen LogP contribution in [-0.4, -0.2) is 63.0 Å². The lowest BCUT2D eigenvalue weighted by Gasteiger charge is -2.34. The molecule has 0 radical (unpaired) electrons. The molecule has 0 bridgehead atoms. The molecular weight excluding hydrogens is 471 g/mol. The Bertz CT molecular complexity index is 1170. The van der Waals surface area contributed by atoms with Gasteiger partial charge in [0.05, 0.1) is 10.7 Å². The van der Waals surface area contributed by atoms with Gasteiger partial charge in [-0.1, -0.05) is 23.7 Å². The third kappa shape index (κ3) is 5.68. The molecule has 1 aliphatic heterocycles. The minimum Gasteiger partial charge on any atom is -0.406 e. The zero-order valence-electron chi connectivity index (χ0n) is 18.6. The standard InChI is InChI=1S/C23H23ClF3N5O2/c1-15-13-16(2)32(29-15)20-8-7-19(24)21(28-20)22(33)31-11-9-30(10-12-31)14-17-3-5-18(6-4-17)34-23(25,26)27/h3-8,13H,9-12,14H2,1-2H3. The lowest BCUT2D eigenvalue weighted by atomic mass is 10.2. The fraction of sp³-hybridized carbons (Fsp3) is 0.348. The van der Waals surface area contributed by atoms with Gasteiger partial charge in [-0.2, -0.15) is 5.10 Å². The number of alkyl halides is 3. The summed E-state index contributed by atoms with van der Waals surface area (Å²) >= 11 is 6.30. The van der Waals surface area contributed by atoms with Crippen molar-refractivity contribution in [1.82, 2.24) is 24.6 Å². The third-order valence-corrected chi connectivity index (χ3v) is 5.79. The van der Waals surface area contributed by atoms with Gasteiger partial charge in [0.15, 0.2) is 5.82 Å². The summed E-state index contributed by atoms with van der Waals surface area (Å²) in [7, 11) is 0. The Balaban J connectivity index is 1.37. The number of rotatable bonds is 5. The molecule has 2 aromatic heterocycles. The number of aromatic nitrogens is 3. The lowest BCUT2D eigenvalue weighted by Crippen LogP contribution is -2.48. The Kier molecular flexibility index (Phi) is 6.81. The number of piperazine rings is 1. The molecule has 0 saturated carbocycles. The number of aryl methyl sites for hydroxylation is 2. The van der Waals surface area contributed by atoms with E-state index in [1.807, 2.05) is 19.9 Å². The van der Waals surface area contributed by atoms with Gasteiger partial charge in [-0.3, -0.25) is 9.69 Å². The molecule has 1 fully saturated rings. The highest BCUT2D eigenvalue weighted by Gasteiger charge is 2.31. The Labute approximate surface area is 199 Å². The van der Waals surface area contributed by atoms with Crippen molar-refractivity contribution in [3.63, 3.8) is 0 Å². The number of amides is 1. The zero-order chi connectivity index (χ0) is 24.5. The first kappa shape index (κ1) is 24.0. The van der Waals surface area contributed by atoms with Gasteiger partial charge in [-0.05, 0) is 49.7 Å². The number of benzene rings is 1. The number of hydrogen-bond acceptors (Lipinski definition) is 5. The van der Waals surface area contributed by atoms with Crippen LogP contribution in [0.25, 0.3) is 5.82 Å². The van der Waals surface area contributed by atoms with Gasteiger partial charge in [-0.25, -0.2) is 9.67 Å². The summed E-state index contributed by atoms with van der Waals surface area (Å²) in [6.45, 7) is 6.54. The fourth-order valence-electron chi connectivity index (χ4n) is 3.87. The van der Waals surface area contributed by atoms with Crippen LogP contribution in [0.2, 0.25) is 5.02 Å². The zero-order valence-corrected chi connectivity index (χ0v) is 19.4. The maximum atomic E-state index is 13.1. The predicted molar refractivity (Wildman–Crippen MR) is 120 cm³/mol. The van der Waals surface area contributed by atoms with E-state index in [0.29, 0.717) is 38.5 Å². The summed E-state index contributed by atoms with van der Waals surface area (Å²) < 4.78 is 42.5. The minimum atomic E-state index is -4.71. The molecule has 11 heteroatoms. The number of pyridine rings is 1. The first-order valence-electron chi connectivity index (χ1n) is 10.7. The molecule has 0 aliphatic carbocycles. The van der Waals surface area contributed by atoms with Crippen LogP contribution < -0.4 is 4.74 Å². The highest BCUT2D eigenvalue weighted by atomic mass is 35.5. The Morgan fingerprint density at radius 3 is 2.32 bits per heavy atom. The highest BCUT2D eigenvalue weighted by Crippen LogP contribution is 2.24. The molecule has 0 atom stereocenters. The topological polar surface area (TPSA) is 63.5 Å². The van der Waals surface area contributed by atoms with Crippen LogP contribution in [0, 0.1) is 13.8 Å². The van der Waals surface area contributed by atoms with Crippen LogP contribution in [0.3, 0.4) is 0 Å². The van der Waals surface area contributed by atoms with E-state index in [1.54, 1.807) is 33.8 Å². The largest absolute Gasteiger partial charge is 0.573 e. The smallest absolute Gasteiger partial charge is 0.406 e. The Morgan fingerprint density at radius 2 is 1.74 bits per heavy atom. The number of carbonyl (C=O) groups excluding carboxylic acids is 1. The van der Waals surface area contributed by atoms with E-state index >= 15 is 0 Å². The van der Waals surface area contributed by atoms with Crippen LogP contribution in [0.5, 0.6) is 5.75 Å². The van der Waals surface area contributed by atoms with Gasteiger partial charge < -0.3 is 9.64 Å². The molecule has 180 valence electrons. The molecule has 1 amide bonds. The van der Waals surface area contributed by atoms with E-state index in [9.17, 15) is 18.0 Å². The van der Waals surface area contributed by atoms with Gasteiger partial charge in [0, 0.05) is 38.4 Å². The molecule has 1 saturated heterocycles. The number of hydrogen-bond donors (Lipinski definition) is 0. The molecule has 3 aromatic rings. The fourth-order valence-corrected chi connectivity index (χ4v) is 4.06. The summed E-state index contributed by atoms with van der Waals surface area (Å²) in [6, 6.07) is 11.1. The van der Waals surface area contributed by atoms with Crippen molar-refractivity contribution in [3.05, 3.63) is 70.1 Å². The summed E-state index contributed by atoms with van der Waals surface area (Å²) in [5.74, 6) is 0.0235. The molecule has 3 heterocycles. The minimum absolute atomic E-state index is 0.181. The quantitative estimate of drug-likeness (QED) is 0.527. The molecule has 34 heavy (non-hydrogen) atoms. The molecule has 7 nitrogen and oxygen atoms in total. The van der Waals surface area contributed by atoms with Gasteiger partial charge in [0.1, 0.15) is 11.4 Å². The first-order valence-corrected chi connectivity index (χ1v) is 11.0. The normalized spacial score (nSPS) is 14.9. The van der Waals surface area contributed by atoms with Crippen LogP contribution in [0.15, 0.2) is 42.5 Å². The van der Waals surface area contributed by atoms with E-state index in [4.69, 9.17) is 11.6 Å². The van der Waals surface area contributed by atoms with Crippen molar-refractivity contribution in [1.29, 1.82) is 0 Å². The van der Waals surface area contributed by atoms with Gasteiger partial charge >= 0.3 is 6.36 Å². The Morgan fingerprint density at radius 1 is 1.06 bits per heavy atom. The van der Waals surface area contributed by atoms with E-state index in [0.717, 1.165) is 17.0 Å². The van der Waals surface area contributed by atoms with Crippen LogP contribution in [-0.2, 0) is 6.54 Å². The lowest BCUT2D eigenvalue weighted by molar-refractivity contribution is -0.274. The van der Waals surface area contributed by atoms with E-state index in [2.05, 4.69) is 19.7 Å². The maximum Gasteiger partial charge on any atom is 0.573 e. The average molecular weight is 494 g/mol. The maximum absolute atomic E-state index is 13.1. The predicted octanol–water partition coefficient (Wildman–Crippen LogP) is 4.39. The second-order valence-electron chi connectivity index (χ2n) is 8.10. The second-order valence-corrected chi connectivity index (χ2v) is 8.51. The van der Waals surface area contributed by atoms with Crippen molar-refractivity contribution < 1.29 is 22.7 Å². The summed E-state index contributed by atoms with van der Waals surface area (Å²) in [6.07, 6.45) is -4.71. The third-order valence-electron chi connectivity index (χ3n) is 5.48.